The third-order valence-corrected chi connectivity index (χ3v) is 0.876. The van der Waals surface area contributed by atoms with Crippen molar-refractivity contribution in [1.29, 1.82) is 0 Å². The zero-order valence-corrected chi connectivity index (χ0v) is 8.47. The fourth-order valence-electron chi connectivity index (χ4n) is 0.322. The molecule has 0 aromatic heterocycles. The van der Waals surface area contributed by atoms with Crippen LogP contribution in [0.15, 0.2) is 0 Å². The molecule has 4 nitrogen and oxygen atoms in total. The first-order chi connectivity index (χ1) is 5.25. The molecule has 13 heavy (non-hydrogen) atoms. The van der Waals surface area contributed by atoms with Crippen molar-refractivity contribution < 1.29 is 58.9 Å². The molecule has 0 aromatic rings. The summed E-state index contributed by atoms with van der Waals surface area (Å²) in [6, 6.07) is 0. The number of carboxylic acid groups (broad SMARTS) is 1. The summed E-state index contributed by atoms with van der Waals surface area (Å²) in [6.45, 7) is 0. The summed E-state index contributed by atoms with van der Waals surface area (Å²) in [5.74, 6) is -6.17. The van der Waals surface area contributed by atoms with Crippen LogP contribution in [0.2, 0.25) is 0 Å². The van der Waals surface area contributed by atoms with Gasteiger partial charge in [-0.05, 0) is 0 Å². The summed E-state index contributed by atoms with van der Waals surface area (Å²) in [4.78, 5) is 29.7. The van der Waals surface area contributed by atoms with Gasteiger partial charge in [-0.2, -0.15) is 13.2 Å². The Kier molecular flexibility index (Phi) is 6.07. The van der Waals surface area contributed by atoms with Gasteiger partial charge in [0.25, 0.3) is 0 Å². The van der Waals surface area contributed by atoms with Crippen LogP contribution in [0.25, 0.3) is 0 Å². The molecule has 8 heteroatoms. The summed E-state index contributed by atoms with van der Waals surface area (Å²) in [5.41, 5.74) is 0. The van der Waals surface area contributed by atoms with E-state index in [-0.39, 0.29) is 26.2 Å². The maximum absolute atomic E-state index is 11.4. The first-order valence-corrected chi connectivity index (χ1v) is 2.61. The smallest absolute Gasteiger partial charge is 0.450 e. The predicted octanol–water partition coefficient (Wildman–Crippen LogP) is 0.159. The standard InChI is InChI=1S/C5H3F3O4.Zr/c6-5(7,8)3(10)1-2(9)4(11)12;/h1H2,(H,11,12);. The van der Waals surface area contributed by atoms with E-state index in [1.54, 1.807) is 0 Å². The largest absolute Gasteiger partial charge is 0.475 e. The Labute approximate surface area is 89.2 Å². The van der Waals surface area contributed by atoms with Crippen LogP contribution in [-0.4, -0.2) is 28.8 Å². The van der Waals surface area contributed by atoms with Gasteiger partial charge in [0.05, 0.1) is 6.42 Å². The fraction of sp³-hybridized carbons (Fsp3) is 0.400. The molecule has 0 aliphatic heterocycles. The van der Waals surface area contributed by atoms with Crippen molar-refractivity contribution in [3.05, 3.63) is 0 Å². The zero-order valence-electron chi connectivity index (χ0n) is 6.01. The van der Waals surface area contributed by atoms with Gasteiger partial charge in [-0.1, -0.05) is 0 Å². The van der Waals surface area contributed by atoms with Crippen molar-refractivity contribution in [2.24, 2.45) is 0 Å². The van der Waals surface area contributed by atoms with Crippen LogP contribution in [0.4, 0.5) is 13.2 Å². The molecule has 0 fully saturated rings. The Morgan fingerprint density at radius 2 is 1.54 bits per heavy atom. The minimum Gasteiger partial charge on any atom is -0.475 e. The topological polar surface area (TPSA) is 71.4 Å². The molecule has 72 valence electrons. The van der Waals surface area contributed by atoms with Gasteiger partial charge in [-0.3, -0.25) is 9.59 Å². The monoisotopic (exact) mass is 274 g/mol. The molecular weight excluding hydrogens is 272 g/mol. The molecule has 0 heterocycles. The van der Waals surface area contributed by atoms with Gasteiger partial charge in [-0.15, -0.1) is 0 Å². The molecule has 0 radical (unpaired) electrons. The summed E-state index contributed by atoms with van der Waals surface area (Å²) in [7, 11) is 0. The van der Waals surface area contributed by atoms with E-state index < -0.39 is 30.1 Å². The van der Waals surface area contributed by atoms with E-state index in [4.69, 9.17) is 5.11 Å². The van der Waals surface area contributed by atoms with Gasteiger partial charge in [0, 0.05) is 26.2 Å². The Morgan fingerprint density at radius 1 is 1.15 bits per heavy atom. The van der Waals surface area contributed by atoms with Crippen molar-refractivity contribution >= 4 is 17.5 Å². The molecular formula is C5H3F3O4Zr. The van der Waals surface area contributed by atoms with Gasteiger partial charge >= 0.3 is 12.1 Å². The second-order valence-corrected chi connectivity index (χ2v) is 1.83. The second kappa shape index (κ2) is 5.26. The van der Waals surface area contributed by atoms with Crippen LogP contribution < -0.4 is 0 Å². The number of halogens is 3. The number of aliphatic carboxylic acids is 1. The van der Waals surface area contributed by atoms with Crippen LogP contribution in [-0.2, 0) is 40.6 Å². The fourth-order valence-corrected chi connectivity index (χ4v) is 0.322. The number of hydrogen-bond acceptors (Lipinski definition) is 3. The average Bonchev–Trinajstić information content (AvgIpc) is 1.85. The number of carbonyl (C=O) groups is 3. The van der Waals surface area contributed by atoms with E-state index in [2.05, 4.69) is 0 Å². The number of Topliss-reactive ketones (excluding diaryl/α,β-unsaturated/α-hetero) is 2. The Bertz CT molecular complexity index is 234. The minimum absolute atomic E-state index is 0. The Morgan fingerprint density at radius 3 is 1.77 bits per heavy atom. The van der Waals surface area contributed by atoms with Crippen LogP contribution in [0.3, 0.4) is 0 Å². The van der Waals surface area contributed by atoms with Crippen molar-refractivity contribution in [3.63, 3.8) is 0 Å². The normalized spacial score (nSPS) is 10.1. The average molecular weight is 275 g/mol. The third-order valence-electron chi connectivity index (χ3n) is 0.876. The van der Waals surface area contributed by atoms with Crippen LogP contribution in [0.1, 0.15) is 6.42 Å². The molecule has 0 unspecified atom stereocenters. The third kappa shape index (κ3) is 5.68. The van der Waals surface area contributed by atoms with Gasteiger partial charge < -0.3 is 5.11 Å². The maximum atomic E-state index is 11.4. The van der Waals surface area contributed by atoms with E-state index in [9.17, 15) is 27.6 Å². The number of rotatable bonds is 3. The van der Waals surface area contributed by atoms with Crippen LogP contribution >= 0.6 is 0 Å². The van der Waals surface area contributed by atoms with Gasteiger partial charge in [0.15, 0.2) is 0 Å². The van der Waals surface area contributed by atoms with Crippen LogP contribution in [0.5, 0.6) is 0 Å². The molecule has 0 saturated heterocycles. The number of carbonyl (C=O) groups excluding carboxylic acids is 2. The Balaban J connectivity index is 0. The Hall–Kier alpha value is -0.517. The molecule has 0 atom stereocenters. The zero-order chi connectivity index (χ0) is 9.94. The van der Waals surface area contributed by atoms with Gasteiger partial charge in [0.2, 0.25) is 11.6 Å². The van der Waals surface area contributed by atoms with E-state index in [0.29, 0.717) is 0 Å². The van der Waals surface area contributed by atoms with Gasteiger partial charge in [0.1, 0.15) is 0 Å². The maximum Gasteiger partial charge on any atom is 0.450 e. The molecule has 0 spiro atoms. The first-order valence-electron chi connectivity index (χ1n) is 2.61. The quantitative estimate of drug-likeness (QED) is 0.588. The molecule has 0 bridgehead atoms. The summed E-state index contributed by atoms with van der Waals surface area (Å²) in [6.07, 6.45) is -6.79. The molecule has 0 aliphatic carbocycles. The van der Waals surface area contributed by atoms with Crippen molar-refractivity contribution in [3.8, 4) is 0 Å². The van der Waals surface area contributed by atoms with E-state index in [1.165, 1.54) is 0 Å². The molecule has 0 rings (SSSR count). The number of carboxylic acids is 1. The minimum atomic E-state index is -5.15. The van der Waals surface area contributed by atoms with Gasteiger partial charge in [-0.25, -0.2) is 4.79 Å². The SMILES string of the molecule is O=C(O)C(=O)CC(=O)C(F)(F)F.[Zr]. The second-order valence-electron chi connectivity index (χ2n) is 1.83. The summed E-state index contributed by atoms with van der Waals surface area (Å²) >= 11 is 0. The van der Waals surface area contributed by atoms with Crippen molar-refractivity contribution in [2.45, 2.75) is 12.6 Å². The molecule has 0 amide bonds. The molecule has 0 aliphatic rings. The van der Waals surface area contributed by atoms with E-state index in [0.717, 1.165) is 0 Å². The number of ketones is 2. The number of hydrogen-bond donors (Lipinski definition) is 1. The predicted molar refractivity (Wildman–Crippen MR) is 28.3 cm³/mol. The molecule has 0 aromatic carbocycles. The number of alkyl halides is 3. The summed E-state index contributed by atoms with van der Waals surface area (Å²) < 4.78 is 34.1. The van der Waals surface area contributed by atoms with Crippen molar-refractivity contribution in [1.82, 2.24) is 0 Å². The van der Waals surface area contributed by atoms with Crippen LogP contribution in [0, 0.1) is 0 Å². The van der Waals surface area contributed by atoms with E-state index >= 15 is 0 Å². The molecule has 1 N–H and O–H groups in total. The molecule has 0 saturated carbocycles. The van der Waals surface area contributed by atoms with E-state index in [1.807, 2.05) is 0 Å². The summed E-state index contributed by atoms with van der Waals surface area (Å²) in [5, 5.41) is 7.83. The first kappa shape index (κ1) is 15.0. The van der Waals surface area contributed by atoms with Crippen molar-refractivity contribution in [2.75, 3.05) is 0 Å².